The highest BCUT2D eigenvalue weighted by Crippen LogP contribution is 2.14. The molecule has 0 saturated carbocycles. The number of guanidine groups is 1. The van der Waals surface area contributed by atoms with Crippen LogP contribution in [0.4, 0.5) is 13.2 Å². The maximum Gasteiger partial charge on any atom is 0.411 e. The van der Waals surface area contributed by atoms with Gasteiger partial charge in [0, 0.05) is 19.7 Å². The summed E-state index contributed by atoms with van der Waals surface area (Å²) in [6.45, 7) is 4.60. The number of nitrogens with zero attached hydrogens (tertiary/aromatic N) is 1. The van der Waals surface area contributed by atoms with Crippen molar-refractivity contribution in [3.8, 4) is 0 Å². The van der Waals surface area contributed by atoms with Gasteiger partial charge in [-0.1, -0.05) is 24.3 Å². The van der Waals surface area contributed by atoms with E-state index < -0.39 is 12.8 Å². The van der Waals surface area contributed by atoms with Gasteiger partial charge >= 0.3 is 6.18 Å². The third kappa shape index (κ3) is 9.07. The van der Waals surface area contributed by atoms with E-state index in [9.17, 15) is 13.2 Å². The fourth-order valence-corrected chi connectivity index (χ4v) is 1.86. The smallest absolute Gasteiger partial charge is 0.372 e. The fourth-order valence-electron chi connectivity index (χ4n) is 1.86. The number of rotatable bonds is 8. The molecule has 4 nitrogen and oxygen atoms in total. The molecule has 23 heavy (non-hydrogen) atoms. The SMILES string of the molecule is CCNC(=NCc1ccccc1C)NCCCOCC(F)(F)F. The van der Waals surface area contributed by atoms with Crippen molar-refractivity contribution >= 4 is 5.96 Å². The molecule has 0 bridgehead atoms. The van der Waals surface area contributed by atoms with Gasteiger partial charge in [-0.3, -0.25) is 0 Å². The number of hydrogen-bond acceptors (Lipinski definition) is 2. The van der Waals surface area contributed by atoms with Gasteiger partial charge in [0.05, 0.1) is 6.54 Å². The van der Waals surface area contributed by atoms with Crippen LogP contribution in [0.25, 0.3) is 0 Å². The van der Waals surface area contributed by atoms with Gasteiger partial charge in [-0.25, -0.2) is 4.99 Å². The van der Waals surface area contributed by atoms with E-state index in [-0.39, 0.29) is 6.61 Å². The number of ether oxygens (including phenoxy) is 1. The van der Waals surface area contributed by atoms with Crippen molar-refractivity contribution in [3.63, 3.8) is 0 Å². The zero-order valence-corrected chi connectivity index (χ0v) is 13.5. The minimum absolute atomic E-state index is 0.0592. The second kappa shape index (κ2) is 10.1. The van der Waals surface area contributed by atoms with Gasteiger partial charge in [0.25, 0.3) is 0 Å². The van der Waals surface area contributed by atoms with Crippen LogP contribution in [0.3, 0.4) is 0 Å². The molecule has 0 aliphatic rings. The van der Waals surface area contributed by atoms with Crippen LogP contribution in [-0.4, -0.2) is 38.4 Å². The largest absolute Gasteiger partial charge is 0.411 e. The van der Waals surface area contributed by atoms with E-state index in [4.69, 9.17) is 0 Å². The van der Waals surface area contributed by atoms with Gasteiger partial charge in [0.2, 0.25) is 0 Å². The monoisotopic (exact) mass is 331 g/mol. The number of hydrogen-bond donors (Lipinski definition) is 2. The summed E-state index contributed by atoms with van der Waals surface area (Å²) in [4.78, 5) is 4.48. The molecule has 1 aromatic carbocycles. The molecule has 1 rings (SSSR count). The number of benzene rings is 1. The molecular formula is C16H24F3N3O. The summed E-state index contributed by atoms with van der Waals surface area (Å²) in [7, 11) is 0. The zero-order valence-electron chi connectivity index (χ0n) is 13.5. The van der Waals surface area contributed by atoms with Crippen LogP contribution in [0.2, 0.25) is 0 Å². The number of aryl methyl sites for hydroxylation is 1. The van der Waals surface area contributed by atoms with Crippen LogP contribution >= 0.6 is 0 Å². The first-order valence-corrected chi connectivity index (χ1v) is 7.63. The maximum absolute atomic E-state index is 11.9. The first kappa shape index (κ1) is 19.3. The predicted molar refractivity (Wildman–Crippen MR) is 85.5 cm³/mol. The highest BCUT2D eigenvalue weighted by atomic mass is 19.4. The van der Waals surface area contributed by atoms with Crippen molar-refractivity contribution in [2.45, 2.75) is 33.0 Å². The Morgan fingerprint density at radius 2 is 1.96 bits per heavy atom. The van der Waals surface area contributed by atoms with Crippen molar-refractivity contribution in [1.29, 1.82) is 0 Å². The molecule has 0 amide bonds. The van der Waals surface area contributed by atoms with Crippen LogP contribution in [0.15, 0.2) is 29.3 Å². The van der Waals surface area contributed by atoms with Gasteiger partial charge in [-0.05, 0) is 31.4 Å². The lowest BCUT2D eigenvalue weighted by atomic mass is 10.1. The number of halogens is 3. The standard InChI is InChI=1S/C16H24F3N3O/c1-3-20-15(21-9-6-10-23-12-16(17,18)19)22-11-14-8-5-4-7-13(14)2/h4-5,7-8H,3,6,9-12H2,1-2H3,(H2,20,21,22). The molecule has 0 spiro atoms. The van der Waals surface area contributed by atoms with Gasteiger partial charge in [-0.2, -0.15) is 13.2 Å². The van der Waals surface area contributed by atoms with Gasteiger partial charge in [0.1, 0.15) is 6.61 Å². The lowest BCUT2D eigenvalue weighted by Gasteiger charge is -2.12. The molecule has 0 fully saturated rings. The summed E-state index contributed by atoms with van der Waals surface area (Å²) in [6.07, 6.45) is -3.79. The molecule has 0 unspecified atom stereocenters. The molecule has 7 heteroatoms. The van der Waals surface area contributed by atoms with Crippen LogP contribution in [0.5, 0.6) is 0 Å². The van der Waals surface area contributed by atoms with E-state index in [0.717, 1.165) is 5.56 Å². The first-order valence-electron chi connectivity index (χ1n) is 7.63. The van der Waals surface area contributed by atoms with Crippen LogP contribution in [-0.2, 0) is 11.3 Å². The van der Waals surface area contributed by atoms with Crippen LogP contribution in [0, 0.1) is 6.92 Å². The number of aliphatic imine (C=N–C) groups is 1. The van der Waals surface area contributed by atoms with E-state index in [1.165, 1.54) is 5.56 Å². The number of nitrogens with one attached hydrogen (secondary N) is 2. The van der Waals surface area contributed by atoms with Crippen molar-refractivity contribution in [2.75, 3.05) is 26.3 Å². The summed E-state index contributed by atoms with van der Waals surface area (Å²) in [5.74, 6) is 0.645. The summed E-state index contributed by atoms with van der Waals surface area (Å²) in [6, 6.07) is 8.00. The van der Waals surface area contributed by atoms with Crippen molar-refractivity contribution in [1.82, 2.24) is 10.6 Å². The predicted octanol–water partition coefficient (Wildman–Crippen LogP) is 3.02. The molecule has 0 saturated heterocycles. The summed E-state index contributed by atoms with van der Waals surface area (Å²) < 4.78 is 40.3. The zero-order chi connectivity index (χ0) is 17.1. The molecule has 0 atom stereocenters. The Balaban J connectivity index is 2.34. The molecule has 0 aliphatic carbocycles. The van der Waals surface area contributed by atoms with Gasteiger partial charge in [0.15, 0.2) is 5.96 Å². The fraction of sp³-hybridized carbons (Fsp3) is 0.562. The maximum atomic E-state index is 11.9. The summed E-state index contributed by atoms with van der Waals surface area (Å²) in [5, 5.41) is 6.19. The molecule has 0 aliphatic heterocycles. The minimum atomic E-state index is -4.27. The first-order chi connectivity index (χ1) is 10.9. The highest BCUT2D eigenvalue weighted by molar-refractivity contribution is 5.79. The lowest BCUT2D eigenvalue weighted by molar-refractivity contribution is -0.173. The Hall–Kier alpha value is -1.76. The lowest BCUT2D eigenvalue weighted by Crippen LogP contribution is -2.38. The third-order valence-corrected chi connectivity index (χ3v) is 3.04. The van der Waals surface area contributed by atoms with E-state index >= 15 is 0 Å². The molecular weight excluding hydrogens is 307 g/mol. The Morgan fingerprint density at radius 3 is 2.61 bits per heavy atom. The quantitative estimate of drug-likeness (QED) is 0.437. The molecule has 0 radical (unpaired) electrons. The van der Waals surface area contributed by atoms with Crippen LogP contribution in [0.1, 0.15) is 24.5 Å². The van der Waals surface area contributed by atoms with Gasteiger partial charge < -0.3 is 15.4 Å². The van der Waals surface area contributed by atoms with Gasteiger partial charge in [-0.15, -0.1) is 0 Å². The van der Waals surface area contributed by atoms with Crippen molar-refractivity contribution in [3.05, 3.63) is 35.4 Å². The highest BCUT2D eigenvalue weighted by Gasteiger charge is 2.27. The summed E-state index contributed by atoms with van der Waals surface area (Å²) >= 11 is 0. The van der Waals surface area contributed by atoms with Crippen molar-refractivity contribution in [2.24, 2.45) is 4.99 Å². The normalized spacial score (nSPS) is 12.3. The Kier molecular flexibility index (Phi) is 8.47. The van der Waals surface area contributed by atoms with Crippen molar-refractivity contribution < 1.29 is 17.9 Å². The van der Waals surface area contributed by atoms with E-state index in [1.54, 1.807) is 0 Å². The Bertz CT molecular complexity index is 490. The van der Waals surface area contributed by atoms with E-state index in [0.29, 0.717) is 32.0 Å². The second-order valence-electron chi connectivity index (χ2n) is 5.07. The van der Waals surface area contributed by atoms with E-state index in [1.807, 2.05) is 38.1 Å². The topological polar surface area (TPSA) is 45.7 Å². The third-order valence-electron chi connectivity index (χ3n) is 3.04. The molecule has 0 aromatic heterocycles. The molecule has 130 valence electrons. The summed E-state index contributed by atoms with van der Waals surface area (Å²) in [5.41, 5.74) is 2.31. The second-order valence-corrected chi connectivity index (χ2v) is 5.07. The molecule has 2 N–H and O–H groups in total. The number of alkyl halides is 3. The average molecular weight is 331 g/mol. The Labute approximate surface area is 135 Å². The minimum Gasteiger partial charge on any atom is -0.372 e. The average Bonchev–Trinajstić information content (AvgIpc) is 2.48. The van der Waals surface area contributed by atoms with Crippen LogP contribution < -0.4 is 10.6 Å². The van der Waals surface area contributed by atoms with E-state index in [2.05, 4.69) is 20.4 Å². The Morgan fingerprint density at radius 1 is 1.22 bits per heavy atom. The molecule has 1 aromatic rings. The molecule has 0 heterocycles.